The summed E-state index contributed by atoms with van der Waals surface area (Å²) in [6.07, 6.45) is 0. The van der Waals surface area contributed by atoms with Crippen LogP contribution in [0.4, 0.5) is 5.69 Å². The summed E-state index contributed by atoms with van der Waals surface area (Å²) in [6.45, 7) is 6.22. The molecule has 4 rings (SSSR count). The molecule has 5 nitrogen and oxygen atoms in total. The van der Waals surface area contributed by atoms with Crippen LogP contribution >= 0.6 is 0 Å². The molecule has 4 N–H and O–H groups in total. The van der Waals surface area contributed by atoms with Crippen molar-refractivity contribution in [1.29, 1.82) is 0 Å². The van der Waals surface area contributed by atoms with Crippen molar-refractivity contribution < 1.29 is 4.79 Å². The Kier molecular flexibility index (Phi) is 4.07. The van der Waals surface area contributed by atoms with Crippen LogP contribution in [0, 0.1) is 6.92 Å². The Labute approximate surface area is 157 Å². The lowest BCUT2D eigenvalue weighted by atomic mass is 10.0. The zero-order chi connectivity index (χ0) is 19.1. The van der Waals surface area contributed by atoms with Gasteiger partial charge in [0.15, 0.2) is 0 Å². The van der Waals surface area contributed by atoms with Crippen molar-refractivity contribution in [2.75, 3.05) is 5.32 Å². The fourth-order valence-corrected chi connectivity index (χ4v) is 3.43. The third kappa shape index (κ3) is 3.12. The molecule has 0 saturated carbocycles. The van der Waals surface area contributed by atoms with Crippen molar-refractivity contribution in [2.45, 2.75) is 26.8 Å². The van der Waals surface area contributed by atoms with Crippen molar-refractivity contribution in [3.63, 3.8) is 0 Å². The highest BCUT2D eigenvalue weighted by molar-refractivity contribution is 6.14. The third-order valence-corrected chi connectivity index (χ3v) is 4.59. The van der Waals surface area contributed by atoms with Crippen LogP contribution < -0.4 is 11.1 Å². The SMILES string of the molecule is Cc1cccc(-c2cc(C(N)=O)c3[nH]c4cc(NC(C)C)ccc4c3n2)c1. The van der Waals surface area contributed by atoms with Crippen molar-refractivity contribution in [3.05, 3.63) is 59.7 Å². The van der Waals surface area contributed by atoms with Gasteiger partial charge < -0.3 is 16.0 Å². The first-order valence-electron chi connectivity index (χ1n) is 9.02. The van der Waals surface area contributed by atoms with E-state index in [4.69, 9.17) is 10.7 Å². The maximum absolute atomic E-state index is 12.1. The van der Waals surface area contributed by atoms with E-state index in [9.17, 15) is 4.79 Å². The number of amides is 1. The number of anilines is 1. The number of hydrogen-bond donors (Lipinski definition) is 3. The van der Waals surface area contributed by atoms with E-state index >= 15 is 0 Å². The summed E-state index contributed by atoms with van der Waals surface area (Å²) in [4.78, 5) is 20.3. The summed E-state index contributed by atoms with van der Waals surface area (Å²) >= 11 is 0. The largest absolute Gasteiger partial charge is 0.383 e. The summed E-state index contributed by atoms with van der Waals surface area (Å²) < 4.78 is 0. The van der Waals surface area contributed by atoms with Crippen LogP contribution in [0.1, 0.15) is 29.8 Å². The number of aromatic amines is 1. The summed E-state index contributed by atoms with van der Waals surface area (Å²) in [7, 11) is 0. The Balaban J connectivity index is 1.98. The predicted octanol–water partition coefficient (Wildman–Crippen LogP) is 4.61. The van der Waals surface area contributed by atoms with Crippen molar-refractivity contribution >= 4 is 33.5 Å². The molecular formula is C22H22N4O. The van der Waals surface area contributed by atoms with E-state index in [1.54, 1.807) is 6.07 Å². The van der Waals surface area contributed by atoms with Crippen LogP contribution in [0.2, 0.25) is 0 Å². The third-order valence-electron chi connectivity index (χ3n) is 4.59. The molecule has 2 aromatic heterocycles. The van der Waals surface area contributed by atoms with Gasteiger partial charge in [-0.1, -0.05) is 23.8 Å². The minimum absolute atomic E-state index is 0.332. The monoisotopic (exact) mass is 358 g/mol. The Morgan fingerprint density at radius 1 is 1.15 bits per heavy atom. The van der Waals surface area contributed by atoms with Crippen LogP contribution in [0.15, 0.2) is 48.5 Å². The Bertz CT molecular complexity index is 1170. The van der Waals surface area contributed by atoms with E-state index in [-0.39, 0.29) is 0 Å². The molecule has 0 radical (unpaired) electrons. The summed E-state index contributed by atoms with van der Waals surface area (Å²) in [5.74, 6) is -0.469. The number of pyridine rings is 1. The minimum Gasteiger partial charge on any atom is -0.383 e. The smallest absolute Gasteiger partial charge is 0.250 e. The molecule has 0 unspecified atom stereocenters. The zero-order valence-electron chi connectivity index (χ0n) is 15.6. The first kappa shape index (κ1) is 17.1. The number of benzene rings is 2. The van der Waals surface area contributed by atoms with E-state index < -0.39 is 5.91 Å². The van der Waals surface area contributed by atoms with E-state index in [1.165, 1.54) is 0 Å². The van der Waals surface area contributed by atoms with Gasteiger partial charge in [0.1, 0.15) is 0 Å². The van der Waals surface area contributed by atoms with Crippen LogP contribution in [0.3, 0.4) is 0 Å². The first-order chi connectivity index (χ1) is 12.9. The van der Waals surface area contributed by atoms with Gasteiger partial charge in [0.2, 0.25) is 0 Å². The van der Waals surface area contributed by atoms with Crippen molar-refractivity contribution in [3.8, 4) is 11.3 Å². The Hall–Kier alpha value is -3.34. The number of carbonyl (C=O) groups is 1. The lowest BCUT2D eigenvalue weighted by molar-refractivity contribution is 0.100. The maximum Gasteiger partial charge on any atom is 0.250 e. The van der Waals surface area contributed by atoms with Gasteiger partial charge in [0, 0.05) is 22.7 Å². The van der Waals surface area contributed by atoms with Crippen molar-refractivity contribution in [1.82, 2.24) is 9.97 Å². The molecule has 0 aliphatic rings. The molecule has 136 valence electrons. The van der Waals surface area contributed by atoms with Crippen LogP contribution in [0.5, 0.6) is 0 Å². The molecule has 0 fully saturated rings. The number of nitrogens with one attached hydrogen (secondary N) is 2. The number of aryl methyl sites for hydroxylation is 1. The number of aromatic nitrogens is 2. The van der Waals surface area contributed by atoms with Gasteiger partial charge in [-0.15, -0.1) is 0 Å². The van der Waals surface area contributed by atoms with Gasteiger partial charge in [0.05, 0.1) is 27.8 Å². The highest BCUT2D eigenvalue weighted by atomic mass is 16.1. The second-order valence-corrected chi connectivity index (χ2v) is 7.20. The van der Waals surface area contributed by atoms with E-state index in [0.29, 0.717) is 17.1 Å². The quantitative estimate of drug-likeness (QED) is 0.498. The molecule has 27 heavy (non-hydrogen) atoms. The van der Waals surface area contributed by atoms with E-state index in [2.05, 4.69) is 30.2 Å². The number of primary amides is 1. The molecule has 0 aliphatic carbocycles. The number of rotatable bonds is 4. The Morgan fingerprint density at radius 2 is 1.96 bits per heavy atom. The molecule has 2 aromatic carbocycles. The topological polar surface area (TPSA) is 83.8 Å². The molecule has 0 saturated heterocycles. The molecule has 5 heteroatoms. The highest BCUT2D eigenvalue weighted by Gasteiger charge is 2.16. The summed E-state index contributed by atoms with van der Waals surface area (Å²) in [5.41, 5.74) is 12.3. The van der Waals surface area contributed by atoms with Crippen LogP contribution in [-0.2, 0) is 0 Å². The van der Waals surface area contributed by atoms with Crippen molar-refractivity contribution in [2.24, 2.45) is 5.73 Å². The number of nitrogens with two attached hydrogens (primary N) is 1. The second-order valence-electron chi connectivity index (χ2n) is 7.20. The fraction of sp³-hybridized carbons (Fsp3) is 0.182. The lowest BCUT2D eigenvalue weighted by Gasteiger charge is -2.09. The highest BCUT2D eigenvalue weighted by Crippen LogP contribution is 2.31. The molecule has 0 spiro atoms. The first-order valence-corrected chi connectivity index (χ1v) is 9.02. The number of carbonyl (C=O) groups excluding carboxylic acids is 1. The molecule has 0 aliphatic heterocycles. The molecule has 0 bridgehead atoms. The second kappa shape index (κ2) is 6.43. The average molecular weight is 358 g/mol. The number of fused-ring (bicyclic) bond motifs is 3. The predicted molar refractivity (Wildman–Crippen MR) is 111 cm³/mol. The van der Waals surface area contributed by atoms with Gasteiger partial charge >= 0.3 is 0 Å². The average Bonchev–Trinajstić information content (AvgIpc) is 2.97. The molecule has 1 amide bonds. The van der Waals surface area contributed by atoms with Gasteiger partial charge in [0.25, 0.3) is 5.91 Å². The van der Waals surface area contributed by atoms with Gasteiger partial charge in [-0.2, -0.15) is 0 Å². The Morgan fingerprint density at radius 3 is 2.67 bits per heavy atom. The zero-order valence-corrected chi connectivity index (χ0v) is 15.6. The molecule has 2 heterocycles. The van der Waals surface area contributed by atoms with Gasteiger partial charge in [-0.25, -0.2) is 4.98 Å². The summed E-state index contributed by atoms with van der Waals surface area (Å²) in [6, 6.07) is 16.3. The molecule has 0 atom stereocenters. The number of hydrogen-bond acceptors (Lipinski definition) is 3. The standard InChI is InChI=1S/C22H22N4O/c1-12(2)24-15-7-8-16-19(10-15)26-21-17(22(23)27)11-18(25-20(16)21)14-6-4-5-13(3)9-14/h4-12,24,26H,1-3H3,(H2,23,27). The number of H-pyrrole nitrogens is 1. The van der Waals surface area contributed by atoms with Gasteiger partial charge in [-0.05, 0) is 51.1 Å². The summed E-state index contributed by atoms with van der Waals surface area (Å²) in [5, 5.41) is 4.36. The van der Waals surface area contributed by atoms with E-state index in [0.717, 1.165) is 38.9 Å². The van der Waals surface area contributed by atoms with Crippen LogP contribution in [0.25, 0.3) is 33.2 Å². The molecule has 4 aromatic rings. The minimum atomic E-state index is -0.469. The normalized spacial score (nSPS) is 11.4. The fourth-order valence-electron chi connectivity index (χ4n) is 3.43. The van der Waals surface area contributed by atoms with Crippen LogP contribution in [-0.4, -0.2) is 21.9 Å². The maximum atomic E-state index is 12.1. The van der Waals surface area contributed by atoms with Gasteiger partial charge in [-0.3, -0.25) is 4.79 Å². The molecular weight excluding hydrogens is 336 g/mol. The number of nitrogens with zero attached hydrogens (tertiary/aromatic N) is 1. The lowest BCUT2D eigenvalue weighted by Crippen LogP contribution is -2.12. The van der Waals surface area contributed by atoms with E-state index in [1.807, 2.05) is 43.3 Å².